The van der Waals surface area contributed by atoms with Gasteiger partial charge < -0.3 is 5.32 Å². The maximum atomic E-state index is 14.5. The standard InChI is InChI=1S/C17H24FN3/c1-6-10-19-13(4)15-8-7-9-16(18)17(15)21-14(5)11(2)12(3)20-21/h7-9,13,19H,6,10H2,1-5H3. The van der Waals surface area contributed by atoms with Gasteiger partial charge in [-0.15, -0.1) is 0 Å². The topological polar surface area (TPSA) is 29.9 Å². The Morgan fingerprint density at radius 1 is 1.29 bits per heavy atom. The summed E-state index contributed by atoms with van der Waals surface area (Å²) in [5.41, 5.74) is 4.53. The van der Waals surface area contributed by atoms with Gasteiger partial charge in [-0.3, -0.25) is 0 Å². The first-order valence-corrected chi connectivity index (χ1v) is 7.52. The Kier molecular flexibility index (Phi) is 4.78. The molecule has 0 radical (unpaired) electrons. The molecule has 0 aliphatic rings. The van der Waals surface area contributed by atoms with E-state index in [0.717, 1.165) is 35.5 Å². The zero-order valence-corrected chi connectivity index (χ0v) is 13.5. The maximum Gasteiger partial charge on any atom is 0.149 e. The van der Waals surface area contributed by atoms with Gasteiger partial charge in [-0.25, -0.2) is 9.07 Å². The van der Waals surface area contributed by atoms with Crippen molar-refractivity contribution >= 4 is 0 Å². The third-order valence-corrected chi connectivity index (χ3v) is 4.05. The summed E-state index contributed by atoms with van der Waals surface area (Å²) in [6, 6.07) is 5.31. The Morgan fingerprint density at radius 3 is 2.57 bits per heavy atom. The van der Waals surface area contributed by atoms with Gasteiger partial charge in [0.15, 0.2) is 0 Å². The largest absolute Gasteiger partial charge is 0.310 e. The fraction of sp³-hybridized carbons (Fsp3) is 0.471. The highest BCUT2D eigenvalue weighted by atomic mass is 19.1. The summed E-state index contributed by atoms with van der Waals surface area (Å²) in [5.74, 6) is -0.233. The lowest BCUT2D eigenvalue weighted by Gasteiger charge is -2.19. The fourth-order valence-electron chi connectivity index (χ4n) is 2.51. The highest BCUT2D eigenvalue weighted by Gasteiger charge is 2.19. The Morgan fingerprint density at radius 2 is 2.00 bits per heavy atom. The molecular formula is C17H24FN3. The van der Waals surface area contributed by atoms with E-state index in [4.69, 9.17) is 0 Å². The van der Waals surface area contributed by atoms with Crippen LogP contribution in [0.5, 0.6) is 0 Å². The molecule has 2 aromatic rings. The van der Waals surface area contributed by atoms with Crippen molar-refractivity contribution in [3.8, 4) is 5.69 Å². The van der Waals surface area contributed by atoms with E-state index in [2.05, 4.69) is 24.3 Å². The molecule has 0 fully saturated rings. The van der Waals surface area contributed by atoms with Crippen molar-refractivity contribution in [2.75, 3.05) is 6.54 Å². The van der Waals surface area contributed by atoms with Gasteiger partial charge in [-0.1, -0.05) is 19.1 Å². The molecule has 0 bridgehead atoms. The summed E-state index contributed by atoms with van der Waals surface area (Å²) in [4.78, 5) is 0. The minimum absolute atomic E-state index is 0.0832. The second-order valence-corrected chi connectivity index (χ2v) is 5.56. The molecular weight excluding hydrogens is 265 g/mol. The van der Waals surface area contributed by atoms with E-state index in [1.54, 1.807) is 10.7 Å². The quantitative estimate of drug-likeness (QED) is 0.901. The minimum Gasteiger partial charge on any atom is -0.310 e. The molecule has 4 heteroatoms. The molecule has 114 valence electrons. The third-order valence-electron chi connectivity index (χ3n) is 4.05. The molecule has 21 heavy (non-hydrogen) atoms. The van der Waals surface area contributed by atoms with E-state index in [1.807, 2.05) is 26.8 Å². The van der Waals surface area contributed by atoms with Crippen molar-refractivity contribution in [3.05, 3.63) is 46.5 Å². The highest BCUT2D eigenvalue weighted by Crippen LogP contribution is 2.27. The SMILES string of the molecule is CCCNC(C)c1cccc(F)c1-n1nc(C)c(C)c1C. The van der Waals surface area contributed by atoms with Crippen LogP contribution in [-0.4, -0.2) is 16.3 Å². The number of halogens is 1. The number of aromatic nitrogens is 2. The summed E-state index contributed by atoms with van der Waals surface area (Å²) in [5, 5.41) is 7.93. The molecule has 0 aliphatic carbocycles. The van der Waals surface area contributed by atoms with Gasteiger partial charge in [-0.2, -0.15) is 5.10 Å². The molecule has 0 amide bonds. The average molecular weight is 289 g/mol. The lowest BCUT2D eigenvalue weighted by molar-refractivity contribution is 0.551. The lowest BCUT2D eigenvalue weighted by atomic mass is 10.1. The molecule has 1 heterocycles. The molecule has 0 spiro atoms. The predicted octanol–water partition coefficient (Wildman–Crippen LogP) is 4.00. The van der Waals surface area contributed by atoms with Gasteiger partial charge in [-0.05, 0) is 57.9 Å². The summed E-state index contributed by atoms with van der Waals surface area (Å²) in [7, 11) is 0. The smallest absolute Gasteiger partial charge is 0.149 e. The van der Waals surface area contributed by atoms with E-state index in [-0.39, 0.29) is 11.9 Å². The van der Waals surface area contributed by atoms with Gasteiger partial charge >= 0.3 is 0 Å². The average Bonchev–Trinajstić information content (AvgIpc) is 2.72. The van der Waals surface area contributed by atoms with Crippen molar-refractivity contribution in [1.29, 1.82) is 0 Å². The number of para-hydroxylation sites is 1. The maximum absolute atomic E-state index is 14.5. The van der Waals surface area contributed by atoms with Crippen molar-refractivity contribution in [3.63, 3.8) is 0 Å². The van der Waals surface area contributed by atoms with Crippen LogP contribution in [-0.2, 0) is 0 Å². The van der Waals surface area contributed by atoms with Gasteiger partial charge in [0.25, 0.3) is 0 Å². The first-order valence-electron chi connectivity index (χ1n) is 7.52. The predicted molar refractivity (Wildman–Crippen MR) is 84.4 cm³/mol. The van der Waals surface area contributed by atoms with Crippen LogP contribution in [0.15, 0.2) is 18.2 Å². The molecule has 1 N–H and O–H groups in total. The number of aryl methyl sites for hydroxylation is 1. The van der Waals surface area contributed by atoms with Crippen LogP contribution in [0, 0.1) is 26.6 Å². The molecule has 2 rings (SSSR count). The second kappa shape index (κ2) is 6.39. The van der Waals surface area contributed by atoms with E-state index < -0.39 is 0 Å². The highest BCUT2D eigenvalue weighted by molar-refractivity contribution is 5.46. The Labute approximate surface area is 126 Å². The minimum atomic E-state index is -0.233. The summed E-state index contributed by atoms with van der Waals surface area (Å²) >= 11 is 0. The van der Waals surface area contributed by atoms with Crippen LogP contribution in [0.1, 0.15) is 48.8 Å². The van der Waals surface area contributed by atoms with E-state index in [1.165, 1.54) is 6.07 Å². The summed E-state index contributed by atoms with van der Waals surface area (Å²) in [6.45, 7) is 11.1. The Hall–Kier alpha value is -1.68. The summed E-state index contributed by atoms with van der Waals surface area (Å²) < 4.78 is 16.2. The number of nitrogens with zero attached hydrogens (tertiary/aromatic N) is 2. The van der Waals surface area contributed by atoms with Crippen molar-refractivity contribution in [2.45, 2.75) is 47.1 Å². The molecule has 1 aromatic carbocycles. The molecule has 0 aliphatic heterocycles. The Bertz CT molecular complexity index is 631. The number of hydrogen-bond donors (Lipinski definition) is 1. The van der Waals surface area contributed by atoms with Crippen molar-refractivity contribution in [2.24, 2.45) is 0 Å². The van der Waals surface area contributed by atoms with E-state index in [0.29, 0.717) is 5.69 Å². The molecule has 1 atom stereocenters. The number of rotatable bonds is 5. The molecule has 3 nitrogen and oxygen atoms in total. The molecule has 1 aromatic heterocycles. The van der Waals surface area contributed by atoms with Crippen LogP contribution in [0.3, 0.4) is 0 Å². The van der Waals surface area contributed by atoms with Gasteiger partial charge in [0.1, 0.15) is 11.5 Å². The first-order chi connectivity index (χ1) is 9.97. The first kappa shape index (κ1) is 15.7. The molecule has 0 saturated carbocycles. The van der Waals surface area contributed by atoms with E-state index in [9.17, 15) is 4.39 Å². The van der Waals surface area contributed by atoms with Gasteiger partial charge in [0.2, 0.25) is 0 Å². The lowest BCUT2D eigenvalue weighted by Crippen LogP contribution is -2.21. The number of nitrogens with one attached hydrogen (secondary N) is 1. The van der Waals surface area contributed by atoms with Crippen molar-refractivity contribution < 1.29 is 4.39 Å². The van der Waals surface area contributed by atoms with Gasteiger partial charge in [0, 0.05) is 11.7 Å². The van der Waals surface area contributed by atoms with Crippen LogP contribution in [0.25, 0.3) is 5.69 Å². The van der Waals surface area contributed by atoms with Crippen LogP contribution in [0.4, 0.5) is 4.39 Å². The van der Waals surface area contributed by atoms with Gasteiger partial charge in [0.05, 0.1) is 5.69 Å². The summed E-state index contributed by atoms with van der Waals surface area (Å²) in [6.07, 6.45) is 1.05. The molecule has 0 saturated heterocycles. The molecule has 1 unspecified atom stereocenters. The normalized spacial score (nSPS) is 12.7. The van der Waals surface area contributed by atoms with Crippen LogP contribution < -0.4 is 5.32 Å². The third kappa shape index (κ3) is 3.00. The number of benzene rings is 1. The zero-order chi connectivity index (χ0) is 15.6. The fourth-order valence-corrected chi connectivity index (χ4v) is 2.51. The monoisotopic (exact) mass is 289 g/mol. The number of hydrogen-bond acceptors (Lipinski definition) is 2. The Balaban J connectivity index is 2.54. The van der Waals surface area contributed by atoms with Crippen molar-refractivity contribution in [1.82, 2.24) is 15.1 Å². The second-order valence-electron chi connectivity index (χ2n) is 5.56. The zero-order valence-electron chi connectivity index (χ0n) is 13.5. The van der Waals surface area contributed by atoms with Crippen LogP contribution >= 0.6 is 0 Å². The van der Waals surface area contributed by atoms with E-state index >= 15 is 0 Å². The van der Waals surface area contributed by atoms with Crippen LogP contribution in [0.2, 0.25) is 0 Å².